The average molecular weight is 283 g/mol. The molecular weight excluding hydrogens is 275 g/mol. The Morgan fingerprint density at radius 3 is 2.25 bits per heavy atom. The Hall–Kier alpha value is -1.55. The molecule has 82 valence electrons. The highest BCUT2D eigenvalue weighted by Gasteiger charge is 2.14. The van der Waals surface area contributed by atoms with Gasteiger partial charge in [-0.3, -0.25) is 0 Å². The molecule has 2 aromatic carbocycles. The number of hydrogen-bond donors (Lipinski definition) is 2. The smallest absolute Gasteiger partial charge is 0.131 e. The summed E-state index contributed by atoms with van der Waals surface area (Å²) in [5.74, 6) is -0.811. The Balaban J connectivity index is 2.72. The van der Waals surface area contributed by atoms with Crippen LogP contribution in [0.4, 0.5) is 4.39 Å². The molecule has 0 aliphatic rings. The van der Waals surface area contributed by atoms with Crippen molar-refractivity contribution >= 4 is 15.9 Å². The number of benzene rings is 2. The van der Waals surface area contributed by atoms with Crippen LogP contribution in [-0.2, 0) is 0 Å². The summed E-state index contributed by atoms with van der Waals surface area (Å²) in [7, 11) is 0. The summed E-state index contributed by atoms with van der Waals surface area (Å²) >= 11 is 3.21. The minimum Gasteiger partial charge on any atom is -0.507 e. The SMILES string of the molecule is Oc1cccc(O)c1-c1cc(Br)ccc1F. The molecule has 0 aliphatic heterocycles. The van der Waals surface area contributed by atoms with Crippen LogP contribution < -0.4 is 0 Å². The van der Waals surface area contributed by atoms with E-state index >= 15 is 0 Å². The molecule has 0 spiro atoms. The van der Waals surface area contributed by atoms with Crippen molar-refractivity contribution in [2.45, 2.75) is 0 Å². The Kier molecular flexibility index (Phi) is 2.83. The lowest BCUT2D eigenvalue weighted by Gasteiger charge is -2.08. The van der Waals surface area contributed by atoms with Gasteiger partial charge in [0.2, 0.25) is 0 Å². The maximum Gasteiger partial charge on any atom is 0.131 e. The summed E-state index contributed by atoms with van der Waals surface area (Å²) in [5.41, 5.74) is 0.256. The molecule has 0 amide bonds. The van der Waals surface area contributed by atoms with Crippen LogP contribution in [0.15, 0.2) is 40.9 Å². The van der Waals surface area contributed by atoms with Gasteiger partial charge in [0.25, 0.3) is 0 Å². The third-order valence-corrected chi connectivity index (χ3v) is 2.71. The lowest BCUT2D eigenvalue weighted by molar-refractivity contribution is 0.453. The minimum absolute atomic E-state index is 0.0984. The first-order valence-corrected chi connectivity index (χ1v) is 5.35. The second-order valence-electron chi connectivity index (χ2n) is 3.30. The highest BCUT2D eigenvalue weighted by molar-refractivity contribution is 9.10. The van der Waals surface area contributed by atoms with Gasteiger partial charge < -0.3 is 10.2 Å². The number of hydrogen-bond acceptors (Lipinski definition) is 2. The summed E-state index contributed by atoms with van der Waals surface area (Å²) in [4.78, 5) is 0. The highest BCUT2D eigenvalue weighted by Crippen LogP contribution is 2.39. The van der Waals surface area contributed by atoms with Crippen LogP contribution in [0.3, 0.4) is 0 Å². The van der Waals surface area contributed by atoms with Crippen molar-refractivity contribution in [3.8, 4) is 22.6 Å². The van der Waals surface area contributed by atoms with Gasteiger partial charge in [0.1, 0.15) is 17.3 Å². The van der Waals surface area contributed by atoms with Gasteiger partial charge in [0, 0.05) is 10.0 Å². The lowest BCUT2D eigenvalue weighted by atomic mass is 10.0. The molecule has 0 radical (unpaired) electrons. The van der Waals surface area contributed by atoms with Crippen LogP contribution in [0.25, 0.3) is 11.1 Å². The monoisotopic (exact) mass is 282 g/mol. The zero-order valence-electron chi connectivity index (χ0n) is 8.11. The second-order valence-corrected chi connectivity index (χ2v) is 4.21. The molecule has 2 rings (SSSR count). The van der Waals surface area contributed by atoms with Crippen LogP contribution in [0.5, 0.6) is 11.5 Å². The van der Waals surface area contributed by atoms with E-state index in [-0.39, 0.29) is 22.6 Å². The van der Waals surface area contributed by atoms with Gasteiger partial charge in [-0.05, 0) is 30.3 Å². The molecular formula is C12H8BrFO2. The van der Waals surface area contributed by atoms with E-state index in [0.29, 0.717) is 4.47 Å². The van der Waals surface area contributed by atoms with Crippen molar-refractivity contribution in [2.24, 2.45) is 0 Å². The molecule has 0 saturated heterocycles. The summed E-state index contributed by atoms with van der Waals surface area (Å²) < 4.78 is 14.2. The Morgan fingerprint density at radius 2 is 1.62 bits per heavy atom. The van der Waals surface area contributed by atoms with Gasteiger partial charge in [-0.25, -0.2) is 4.39 Å². The predicted molar refractivity (Wildman–Crippen MR) is 62.9 cm³/mol. The molecule has 2 N–H and O–H groups in total. The third-order valence-electron chi connectivity index (χ3n) is 2.22. The Bertz CT molecular complexity index is 520. The molecule has 2 aromatic rings. The first-order valence-electron chi connectivity index (χ1n) is 4.56. The van der Waals surface area contributed by atoms with Crippen LogP contribution in [0.1, 0.15) is 0 Å². The summed E-state index contributed by atoms with van der Waals surface area (Å²) in [6.07, 6.45) is 0. The summed E-state index contributed by atoms with van der Waals surface area (Å²) in [5, 5.41) is 19.2. The maximum atomic E-state index is 13.6. The zero-order valence-corrected chi connectivity index (χ0v) is 9.70. The normalized spacial score (nSPS) is 10.4. The molecule has 0 unspecified atom stereocenters. The molecule has 0 aromatic heterocycles. The molecule has 0 saturated carbocycles. The van der Waals surface area contributed by atoms with E-state index in [1.807, 2.05) is 0 Å². The number of halogens is 2. The maximum absolute atomic E-state index is 13.6. The van der Waals surface area contributed by atoms with Crippen molar-refractivity contribution in [1.29, 1.82) is 0 Å². The van der Waals surface area contributed by atoms with Crippen molar-refractivity contribution in [1.82, 2.24) is 0 Å². The van der Waals surface area contributed by atoms with E-state index < -0.39 is 5.82 Å². The third kappa shape index (κ3) is 1.88. The van der Waals surface area contributed by atoms with Gasteiger partial charge in [0.05, 0.1) is 5.56 Å². The van der Waals surface area contributed by atoms with Crippen LogP contribution in [-0.4, -0.2) is 10.2 Å². The molecule has 16 heavy (non-hydrogen) atoms. The summed E-state index contributed by atoms with van der Waals surface area (Å²) in [6, 6.07) is 8.61. The fourth-order valence-corrected chi connectivity index (χ4v) is 1.85. The largest absolute Gasteiger partial charge is 0.507 e. The van der Waals surface area contributed by atoms with E-state index in [4.69, 9.17) is 0 Å². The molecule has 0 atom stereocenters. The standard InChI is InChI=1S/C12H8BrFO2/c13-7-4-5-9(14)8(6-7)12-10(15)2-1-3-11(12)16/h1-6,15-16H. The quantitative estimate of drug-likeness (QED) is 0.838. The topological polar surface area (TPSA) is 40.5 Å². The van der Waals surface area contributed by atoms with Crippen LogP contribution >= 0.6 is 15.9 Å². The summed E-state index contributed by atoms with van der Waals surface area (Å²) in [6.45, 7) is 0. The van der Waals surface area contributed by atoms with E-state index in [1.54, 1.807) is 6.07 Å². The molecule has 2 nitrogen and oxygen atoms in total. The fourth-order valence-electron chi connectivity index (χ4n) is 1.49. The molecule has 0 bridgehead atoms. The lowest BCUT2D eigenvalue weighted by Crippen LogP contribution is -1.86. The van der Waals surface area contributed by atoms with Crippen LogP contribution in [0.2, 0.25) is 0 Å². The molecule has 4 heteroatoms. The van der Waals surface area contributed by atoms with Crippen molar-refractivity contribution in [3.05, 3.63) is 46.7 Å². The van der Waals surface area contributed by atoms with E-state index in [0.717, 1.165) is 0 Å². The van der Waals surface area contributed by atoms with Crippen molar-refractivity contribution < 1.29 is 14.6 Å². The van der Waals surface area contributed by atoms with Crippen LogP contribution in [0, 0.1) is 5.82 Å². The van der Waals surface area contributed by atoms with Gasteiger partial charge in [0.15, 0.2) is 0 Å². The first kappa shape index (κ1) is 11.0. The average Bonchev–Trinajstić information content (AvgIpc) is 2.23. The first-order chi connectivity index (χ1) is 7.59. The number of rotatable bonds is 1. The number of phenols is 2. The number of aromatic hydroxyl groups is 2. The Morgan fingerprint density at radius 1 is 1.00 bits per heavy atom. The van der Waals surface area contributed by atoms with Crippen molar-refractivity contribution in [3.63, 3.8) is 0 Å². The second kappa shape index (κ2) is 4.14. The molecule has 0 heterocycles. The predicted octanol–water partition coefficient (Wildman–Crippen LogP) is 3.67. The van der Waals surface area contributed by atoms with Gasteiger partial charge in [-0.1, -0.05) is 22.0 Å². The van der Waals surface area contributed by atoms with Gasteiger partial charge in [-0.15, -0.1) is 0 Å². The molecule has 0 aliphatic carbocycles. The fraction of sp³-hybridized carbons (Fsp3) is 0. The van der Waals surface area contributed by atoms with E-state index in [9.17, 15) is 14.6 Å². The van der Waals surface area contributed by atoms with E-state index in [2.05, 4.69) is 15.9 Å². The number of phenolic OH excluding ortho intramolecular Hbond substituents is 2. The van der Waals surface area contributed by atoms with Crippen molar-refractivity contribution in [2.75, 3.05) is 0 Å². The Labute approximate surface area is 100 Å². The minimum atomic E-state index is -0.500. The molecule has 0 fully saturated rings. The highest BCUT2D eigenvalue weighted by atomic mass is 79.9. The zero-order chi connectivity index (χ0) is 11.7. The van der Waals surface area contributed by atoms with Gasteiger partial charge >= 0.3 is 0 Å². The van der Waals surface area contributed by atoms with E-state index in [1.165, 1.54) is 30.3 Å². The van der Waals surface area contributed by atoms with Gasteiger partial charge in [-0.2, -0.15) is 0 Å².